The monoisotopic (exact) mass is 198 g/mol. The third-order valence-electron chi connectivity index (χ3n) is 2.50. The summed E-state index contributed by atoms with van der Waals surface area (Å²) in [4.78, 5) is 10.6. The average Bonchev–Trinajstić information content (AvgIpc) is 2.18. The average molecular weight is 198 g/mol. The van der Waals surface area contributed by atoms with Crippen LogP contribution in [-0.2, 0) is 14.3 Å². The zero-order valence-corrected chi connectivity index (χ0v) is 8.91. The summed E-state index contributed by atoms with van der Waals surface area (Å²) >= 11 is 0. The second kappa shape index (κ2) is 5.81. The molecule has 80 valence electrons. The summed E-state index contributed by atoms with van der Waals surface area (Å²) in [6.07, 6.45) is 4.09. The maximum Gasteiger partial charge on any atom is 0.302 e. The predicted octanol–water partition coefficient (Wildman–Crippen LogP) is 1.92. The molecule has 0 saturated carbocycles. The quantitative estimate of drug-likeness (QED) is 0.513. The third kappa shape index (κ3) is 3.50. The van der Waals surface area contributed by atoms with Crippen molar-refractivity contribution in [2.45, 2.75) is 26.7 Å². The first-order valence-corrected chi connectivity index (χ1v) is 5.14. The van der Waals surface area contributed by atoms with Crippen molar-refractivity contribution < 1.29 is 14.3 Å². The molecule has 0 N–H and O–H groups in total. The van der Waals surface area contributed by atoms with E-state index in [4.69, 9.17) is 9.47 Å². The van der Waals surface area contributed by atoms with Gasteiger partial charge in [0.1, 0.15) is 6.61 Å². The van der Waals surface area contributed by atoms with Crippen molar-refractivity contribution in [3.8, 4) is 0 Å². The number of carbonyl (C=O) groups is 1. The van der Waals surface area contributed by atoms with E-state index in [1.807, 2.05) is 6.08 Å². The lowest BCUT2D eigenvalue weighted by Gasteiger charge is -2.24. The smallest absolute Gasteiger partial charge is 0.302 e. The Morgan fingerprint density at radius 1 is 1.71 bits per heavy atom. The van der Waals surface area contributed by atoms with Crippen LogP contribution in [0.1, 0.15) is 26.7 Å². The highest BCUT2D eigenvalue weighted by molar-refractivity contribution is 5.66. The van der Waals surface area contributed by atoms with Crippen molar-refractivity contribution in [3.05, 3.63) is 11.6 Å². The van der Waals surface area contributed by atoms with Crippen LogP contribution < -0.4 is 0 Å². The summed E-state index contributed by atoms with van der Waals surface area (Å²) in [6.45, 7) is 5.59. The molecule has 1 aliphatic heterocycles. The minimum absolute atomic E-state index is 0.220. The van der Waals surface area contributed by atoms with Crippen LogP contribution in [0.4, 0.5) is 0 Å². The molecule has 3 nitrogen and oxygen atoms in total. The summed E-state index contributed by atoms with van der Waals surface area (Å²) in [6, 6.07) is 0. The van der Waals surface area contributed by atoms with E-state index in [0.29, 0.717) is 12.5 Å². The van der Waals surface area contributed by atoms with Crippen LogP contribution in [0.2, 0.25) is 0 Å². The third-order valence-corrected chi connectivity index (χ3v) is 2.50. The second-order valence-electron chi connectivity index (χ2n) is 3.51. The van der Waals surface area contributed by atoms with E-state index >= 15 is 0 Å². The molecule has 1 atom stereocenters. The van der Waals surface area contributed by atoms with Gasteiger partial charge in [0.15, 0.2) is 0 Å². The van der Waals surface area contributed by atoms with Crippen molar-refractivity contribution in [2.24, 2.45) is 5.92 Å². The van der Waals surface area contributed by atoms with Gasteiger partial charge in [-0.2, -0.15) is 0 Å². The normalized spacial score (nSPS) is 25.0. The Kier molecular flexibility index (Phi) is 4.66. The maximum atomic E-state index is 10.6. The second-order valence-corrected chi connectivity index (χ2v) is 3.51. The molecule has 0 aromatic rings. The minimum atomic E-state index is -0.220. The van der Waals surface area contributed by atoms with Crippen LogP contribution in [0.5, 0.6) is 0 Å². The van der Waals surface area contributed by atoms with Crippen molar-refractivity contribution in [2.75, 3.05) is 19.8 Å². The van der Waals surface area contributed by atoms with Crippen LogP contribution in [0.15, 0.2) is 11.6 Å². The Morgan fingerprint density at radius 3 is 3.14 bits per heavy atom. The summed E-state index contributed by atoms with van der Waals surface area (Å²) in [7, 11) is 0. The lowest BCUT2D eigenvalue weighted by Crippen LogP contribution is -2.20. The molecule has 1 saturated heterocycles. The summed E-state index contributed by atoms with van der Waals surface area (Å²) in [5.41, 5.74) is 1.38. The molecule has 0 amide bonds. The van der Waals surface area contributed by atoms with Gasteiger partial charge in [-0.3, -0.25) is 4.79 Å². The number of carbonyl (C=O) groups excluding carboxylic acids is 1. The fraction of sp³-hybridized carbons (Fsp3) is 0.727. The summed E-state index contributed by atoms with van der Waals surface area (Å²) in [5, 5.41) is 0. The van der Waals surface area contributed by atoms with E-state index < -0.39 is 0 Å². The SMILES string of the molecule is CCC1COCCC1=CCOC(C)=O. The number of hydrogen-bond acceptors (Lipinski definition) is 3. The van der Waals surface area contributed by atoms with Crippen LogP contribution in [0.3, 0.4) is 0 Å². The van der Waals surface area contributed by atoms with Crippen molar-refractivity contribution in [1.82, 2.24) is 0 Å². The van der Waals surface area contributed by atoms with Crippen LogP contribution >= 0.6 is 0 Å². The van der Waals surface area contributed by atoms with Gasteiger partial charge in [-0.1, -0.05) is 12.5 Å². The first kappa shape index (κ1) is 11.2. The van der Waals surface area contributed by atoms with Crippen molar-refractivity contribution in [1.29, 1.82) is 0 Å². The number of hydrogen-bond donors (Lipinski definition) is 0. The van der Waals surface area contributed by atoms with Gasteiger partial charge in [0.2, 0.25) is 0 Å². The molecule has 0 aromatic carbocycles. The van der Waals surface area contributed by atoms with E-state index in [1.165, 1.54) is 12.5 Å². The Hall–Kier alpha value is -0.830. The molecule has 1 aliphatic rings. The molecular formula is C11H18O3. The van der Waals surface area contributed by atoms with Gasteiger partial charge in [-0.15, -0.1) is 0 Å². The zero-order valence-electron chi connectivity index (χ0n) is 8.91. The predicted molar refractivity (Wildman–Crippen MR) is 53.9 cm³/mol. The first-order chi connectivity index (χ1) is 6.74. The molecule has 3 heteroatoms. The van der Waals surface area contributed by atoms with E-state index in [2.05, 4.69) is 6.92 Å². The number of esters is 1. The molecule has 0 radical (unpaired) electrons. The van der Waals surface area contributed by atoms with E-state index in [-0.39, 0.29) is 5.97 Å². The molecule has 1 rings (SSSR count). The Balaban J connectivity index is 2.41. The standard InChI is InChI=1S/C11H18O3/c1-3-10-8-13-6-4-11(10)5-7-14-9(2)12/h5,10H,3-4,6-8H2,1-2H3. The van der Waals surface area contributed by atoms with Gasteiger partial charge in [0.05, 0.1) is 13.2 Å². The molecule has 1 fully saturated rings. The van der Waals surface area contributed by atoms with Gasteiger partial charge < -0.3 is 9.47 Å². The molecule has 1 unspecified atom stereocenters. The minimum Gasteiger partial charge on any atom is -0.462 e. The molecule has 0 spiro atoms. The highest BCUT2D eigenvalue weighted by Gasteiger charge is 2.16. The van der Waals surface area contributed by atoms with Gasteiger partial charge in [0, 0.05) is 12.8 Å². The highest BCUT2D eigenvalue weighted by atomic mass is 16.5. The largest absolute Gasteiger partial charge is 0.462 e. The van der Waals surface area contributed by atoms with Crippen LogP contribution in [0.25, 0.3) is 0 Å². The van der Waals surface area contributed by atoms with E-state index in [9.17, 15) is 4.79 Å². The molecule has 0 aromatic heterocycles. The fourth-order valence-electron chi connectivity index (χ4n) is 1.64. The van der Waals surface area contributed by atoms with Crippen LogP contribution in [-0.4, -0.2) is 25.8 Å². The molecular weight excluding hydrogens is 180 g/mol. The lowest BCUT2D eigenvalue weighted by atomic mass is 9.93. The Morgan fingerprint density at radius 2 is 2.50 bits per heavy atom. The van der Waals surface area contributed by atoms with Crippen molar-refractivity contribution >= 4 is 5.97 Å². The van der Waals surface area contributed by atoms with Crippen molar-refractivity contribution in [3.63, 3.8) is 0 Å². The van der Waals surface area contributed by atoms with Gasteiger partial charge in [0.25, 0.3) is 0 Å². The summed E-state index contributed by atoms with van der Waals surface area (Å²) < 4.78 is 10.3. The number of ether oxygens (including phenoxy) is 2. The highest BCUT2D eigenvalue weighted by Crippen LogP contribution is 2.23. The molecule has 0 aliphatic carbocycles. The Labute approximate surface area is 85.1 Å². The zero-order chi connectivity index (χ0) is 10.4. The van der Waals surface area contributed by atoms with E-state index in [1.54, 1.807) is 0 Å². The molecule has 0 bridgehead atoms. The summed E-state index contributed by atoms with van der Waals surface area (Å²) in [5.74, 6) is 0.293. The number of rotatable bonds is 3. The fourth-order valence-corrected chi connectivity index (χ4v) is 1.64. The topological polar surface area (TPSA) is 35.5 Å². The van der Waals surface area contributed by atoms with Gasteiger partial charge >= 0.3 is 5.97 Å². The Bertz CT molecular complexity index is 221. The molecule has 1 heterocycles. The molecule has 14 heavy (non-hydrogen) atoms. The van der Waals surface area contributed by atoms with E-state index in [0.717, 1.165) is 26.1 Å². The first-order valence-electron chi connectivity index (χ1n) is 5.14. The maximum absolute atomic E-state index is 10.6. The van der Waals surface area contributed by atoms with Gasteiger partial charge in [-0.05, 0) is 18.9 Å². The lowest BCUT2D eigenvalue weighted by molar-refractivity contribution is -0.139. The van der Waals surface area contributed by atoms with Gasteiger partial charge in [-0.25, -0.2) is 0 Å². The van der Waals surface area contributed by atoms with Crippen LogP contribution in [0, 0.1) is 5.92 Å².